The van der Waals surface area contributed by atoms with Crippen molar-refractivity contribution in [1.29, 1.82) is 0 Å². The zero-order chi connectivity index (χ0) is 16.6. The minimum absolute atomic E-state index is 0.107. The molecule has 0 N–H and O–H groups in total. The van der Waals surface area contributed by atoms with Crippen molar-refractivity contribution in [2.45, 2.75) is 26.9 Å². The Balaban J connectivity index is 2.19. The van der Waals surface area contributed by atoms with Crippen molar-refractivity contribution in [3.8, 4) is 11.1 Å². The molecule has 0 aliphatic heterocycles. The van der Waals surface area contributed by atoms with Crippen molar-refractivity contribution in [2.75, 3.05) is 0 Å². The molecular weight excluding hydrogens is 290 g/mol. The van der Waals surface area contributed by atoms with Gasteiger partial charge in [-0.15, -0.1) is 0 Å². The average Bonchev–Trinajstić information content (AvgIpc) is 2.56. The molecule has 0 unspecified atom stereocenters. The summed E-state index contributed by atoms with van der Waals surface area (Å²) >= 11 is 0. The van der Waals surface area contributed by atoms with Crippen LogP contribution in [0.25, 0.3) is 11.1 Å². The summed E-state index contributed by atoms with van der Waals surface area (Å²) in [6.07, 6.45) is 1.37. The van der Waals surface area contributed by atoms with Crippen LogP contribution in [-0.2, 0) is 4.74 Å². The lowest BCUT2D eigenvalue weighted by molar-refractivity contribution is 0.0793. The Labute approximate surface area is 134 Å². The van der Waals surface area contributed by atoms with Crippen molar-refractivity contribution in [3.63, 3.8) is 0 Å². The fourth-order valence-corrected chi connectivity index (χ4v) is 2.67. The highest BCUT2D eigenvalue weighted by Crippen LogP contribution is 2.33. The monoisotopic (exact) mass is 307 g/mol. The van der Waals surface area contributed by atoms with Gasteiger partial charge >= 0.3 is 0 Å². The van der Waals surface area contributed by atoms with Gasteiger partial charge in [-0.05, 0) is 38.0 Å². The van der Waals surface area contributed by atoms with Gasteiger partial charge in [-0.1, -0.05) is 30.3 Å². The number of hydrogen-bond acceptors (Lipinski definition) is 4. The first-order valence-corrected chi connectivity index (χ1v) is 7.52. The van der Waals surface area contributed by atoms with Crippen molar-refractivity contribution in [3.05, 3.63) is 65.2 Å². The smallest absolute Gasteiger partial charge is 0.247 e. The number of ketones is 2. The fourth-order valence-electron chi connectivity index (χ4n) is 2.67. The predicted molar refractivity (Wildman–Crippen MR) is 87.3 cm³/mol. The molecule has 4 nitrogen and oxygen atoms in total. The van der Waals surface area contributed by atoms with Gasteiger partial charge in [0.2, 0.25) is 5.78 Å². The van der Waals surface area contributed by atoms with E-state index in [1.807, 2.05) is 44.2 Å². The molecule has 23 heavy (non-hydrogen) atoms. The molecule has 0 saturated heterocycles. The van der Waals surface area contributed by atoms with E-state index in [4.69, 9.17) is 4.74 Å². The number of benzene rings is 1. The minimum atomic E-state index is -0.330. The van der Waals surface area contributed by atoms with E-state index < -0.39 is 0 Å². The van der Waals surface area contributed by atoms with Gasteiger partial charge in [-0.25, -0.2) is 0 Å². The first-order chi connectivity index (χ1) is 11.0. The van der Waals surface area contributed by atoms with Crippen LogP contribution < -0.4 is 0 Å². The van der Waals surface area contributed by atoms with E-state index in [0.29, 0.717) is 11.1 Å². The SMILES string of the molecule is CC1=C(OC(C)C)C(=O)c2nccc(-c3ccccc3)c2C1=O. The number of pyridine rings is 1. The van der Waals surface area contributed by atoms with E-state index in [9.17, 15) is 9.59 Å². The summed E-state index contributed by atoms with van der Waals surface area (Å²) in [6.45, 7) is 5.27. The molecule has 0 fully saturated rings. The van der Waals surface area contributed by atoms with Crippen LogP contribution in [0.5, 0.6) is 0 Å². The molecule has 0 spiro atoms. The highest BCUT2D eigenvalue weighted by atomic mass is 16.5. The molecule has 0 amide bonds. The van der Waals surface area contributed by atoms with Crippen molar-refractivity contribution >= 4 is 11.6 Å². The van der Waals surface area contributed by atoms with E-state index in [-0.39, 0.29) is 29.1 Å². The molecule has 1 aromatic heterocycles. The zero-order valence-corrected chi connectivity index (χ0v) is 13.3. The van der Waals surface area contributed by atoms with Gasteiger partial charge in [0.1, 0.15) is 5.69 Å². The standard InChI is InChI=1S/C19H17NO3/c1-11(2)23-19-12(3)17(21)15-14(13-7-5-4-6-8-13)9-10-20-16(15)18(19)22/h4-11H,1-3H3. The third-order valence-corrected chi connectivity index (χ3v) is 3.72. The topological polar surface area (TPSA) is 56.3 Å². The van der Waals surface area contributed by atoms with Crippen LogP contribution in [0.1, 0.15) is 41.6 Å². The van der Waals surface area contributed by atoms with Gasteiger partial charge in [0.15, 0.2) is 11.5 Å². The third kappa shape index (κ3) is 2.57. The molecule has 1 aromatic carbocycles. The van der Waals surface area contributed by atoms with E-state index >= 15 is 0 Å². The van der Waals surface area contributed by atoms with Gasteiger partial charge < -0.3 is 4.74 Å². The van der Waals surface area contributed by atoms with E-state index in [1.54, 1.807) is 19.2 Å². The summed E-state index contributed by atoms with van der Waals surface area (Å²) < 4.78 is 5.56. The summed E-state index contributed by atoms with van der Waals surface area (Å²) in [7, 11) is 0. The average molecular weight is 307 g/mol. The number of rotatable bonds is 3. The summed E-state index contributed by atoms with van der Waals surface area (Å²) in [5.74, 6) is -0.430. The molecule has 0 bridgehead atoms. The summed E-state index contributed by atoms with van der Waals surface area (Å²) in [4.78, 5) is 29.7. The maximum Gasteiger partial charge on any atom is 0.247 e. The second kappa shape index (κ2) is 5.80. The number of ether oxygens (including phenoxy) is 1. The van der Waals surface area contributed by atoms with Crippen LogP contribution in [-0.4, -0.2) is 22.7 Å². The van der Waals surface area contributed by atoms with Gasteiger partial charge in [0, 0.05) is 11.8 Å². The number of fused-ring (bicyclic) bond motifs is 1. The van der Waals surface area contributed by atoms with Gasteiger partial charge in [0.25, 0.3) is 0 Å². The first-order valence-electron chi connectivity index (χ1n) is 7.52. The Hall–Kier alpha value is -2.75. The zero-order valence-electron chi connectivity index (χ0n) is 13.3. The highest BCUT2D eigenvalue weighted by Gasteiger charge is 2.35. The van der Waals surface area contributed by atoms with Crippen LogP contribution in [0.15, 0.2) is 53.9 Å². The largest absolute Gasteiger partial charge is 0.486 e. The molecule has 0 atom stereocenters. The Morgan fingerprint density at radius 2 is 1.70 bits per heavy atom. The number of allylic oxidation sites excluding steroid dienone is 2. The normalized spacial score (nSPS) is 14.3. The summed E-state index contributed by atoms with van der Waals surface area (Å²) in [5, 5.41) is 0. The highest BCUT2D eigenvalue weighted by molar-refractivity contribution is 6.27. The fraction of sp³-hybridized carbons (Fsp3) is 0.211. The number of carbonyl (C=O) groups is 2. The lowest BCUT2D eigenvalue weighted by Crippen LogP contribution is -2.26. The van der Waals surface area contributed by atoms with Crippen molar-refractivity contribution in [1.82, 2.24) is 4.98 Å². The van der Waals surface area contributed by atoms with Crippen LogP contribution in [0.3, 0.4) is 0 Å². The lowest BCUT2D eigenvalue weighted by atomic mass is 9.87. The summed E-state index contributed by atoms with van der Waals surface area (Å²) in [5.41, 5.74) is 2.46. The van der Waals surface area contributed by atoms with Gasteiger partial charge in [0.05, 0.1) is 11.7 Å². The summed E-state index contributed by atoms with van der Waals surface area (Å²) in [6, 6.07) is 11.3. The Morgan fingerprint density at radius 3 is 2.35 bits per heavy atom. The number of carbonyl (C=O) groups excluding carboxylic acids is 2. The third-order valence-electron chi connectivity index (χ3n) is 3.72. The number of aromatic nitrogens is 1. The van der Waals surface area contributed by atoms with Crippen LogP contribution in [0.2, 0.25) is 0 Å². The molecule has 3 rings (SSSR count). The van der Waals surface area contributed by atoms with Crippen LogP contribution >= 0.6 is 0 Å². The molecule has 1 aliphatic rings. The maximum absolute atomic E-state index is 12.8. The van der Waals surface area contributed by atoms with Crippen molar-refractivity contribution in [2.24, 2.45) is 0 Å². The van der Waals surface area contributed by atoms with Crippen LogP contribution in [0, 0.1) is 0 Å². The molecule has 116 valence electrons. The number of Topliss-reactive ketones (excluding diaryl/α,β-unsaturated/α-hetero) is 2. The van der Waals surface area contributed by atoms with E-state index in [1.165, 1.54) is 0 Å². The Kier molecular flexibility index (Phi) is 3.82. The second-order valence-electron chi connectivity index (χ2n) is 5.73. The molecule has 1 aliphatic carbocycles. The quantitative estimate of drug-likeness (QED) is 0.865. The molecule has 2 aromatic rings. The van der Waals surface area contributed by atoms with Crippen LogP contribution in [0.4, 0.5) is 0 Å². The Morgan fingerprint density at radius 1 is 1.00 bits per heavy atom. The minimum Gasteiger partial charge on any atom is -0.486 e. The molecule has 4 heteroatoms. The van der Waals surface area contributed by atoms with Crippen molar-refractivity contribution < 1.29 is 14.3 Å². The number of nitrogens with zero attached hydrogens (tertiary/aromatic N) is 1. The van der Waals surface area contributed by atoms with E-state index in [2.05, 4.69) is 4.98 Å². The maximum atomic E-state index is 12.8. The predicted octanol–water partition coefficient (Wildman–Crippen LogP) is 3.83. The second-order valence-corrected chi connectivity index (χ2v) is 5.73. The lowest BCUT2D eigenvalue weighted by Gasteiger charge is -2.22. The molecule has 0 saturated carbocycles. The Bertz CT molecular complexity index is 820. The van der Waals surface area contributed by atoms with Gasteiger partial charge in [-0.2, -0.15) is 0 Å². The van der Waals surface area contributed by atoms with Gasteiger partial charge in [-0.3, -0.25) is 14.6 Å². The first kappa shape index (κ1) is 15.2. The number of hydrogen-bond donors (Lipinski definition) is 0. The van der Waals surface area contributed by atoms with E-state index in [0.717, 1.165) is 11.1 Å². The molecular formula is C19H17NO3. The molecule has 0 radical (unpaired) electrons. The molecule has 1 heterocycles.